The molecule has 174 valence electrons. The SMILES string of the molecule is C=CC(=O)N1CCN(c2ncc(C(N)=O)c(Oc3ccc(Oc4ccccc4)cc3)n2)C(C)C1. The third kappa shape index (κ3) is 5.15. The van der Waals surface area contributed by atoms with Gasteiger partial charge in [0.2, 0.25) is 17.7 Å². The first-order valence-electron chi connectivity index (χ1n) is 10.8. The summed E-state index contributed by atoms with van der Waals surface area (Å²) in [6, 6.07) is 16.3. The highest BCUT2D eigenvalue weighted by Crippen LogP contribution is 2.29. The van der Waals surface area contributed by atoms with Crippen LogP contribution in [0.25, 0.3) is 0 Å². The van der Waals surface area contributed by atoms with Crippen molar-refractivity contribution < 1.29 is 19.1 Å². The molecule has 0 saturated carbocycles. The van der Waals surface area contributed by atoms with Crippen LogP contribution in [-0.4, -0.2) is 52.4 Å². The maximum atomic E-state index is 11.9. The Morgan fingerprint density at radius 3 is 2.29 bits per heavy atom. The highest BCUT2D eigenvalue weighted by Gasteiger charge is 2.28. The van der Waals surface area contributed by atoms with Gasteiger partial charge in [-0.15, -0.1) is 0 Å². The number of piperazine rings is 1. The molecule has 2 N–H and O–H groups in total. The first-order chi connectivity index (χ1) is 16.4. The summed E-state index contributed by atoms with van der Waals surface area (Å²) < 4.78 is 11.7. The van der Waals surface area contributed by atoms with Crippen LogP contribution < -0.4 is 20.1 Å². The molecule has 3 aromatic rings. The topological polar surface area (TPSA) is 111 Å². The Kier molecular flexibility index (Phi) is 6.72. The summed E-state index contributed by atoms with van der Waals surface area (Å²) in [7, 11) is 0. The zero-order valence-electron chi connectivity index (χ0n) is 18.8. The molecule has 2 heterocycles. The summed E-state index contributed by atoms with van der Waals surface area (Å²) in [6.45, 7) is 7.06. The second kappa shape index (κ2) is 10.0. The van der Waals surface area contributed by atoms with E-state index in [2.05, 4.69) is 16.5 Å². The van der Waals surface area contributed by atoms with Crippen LogP contribution in [0.1, 0.15) is 17.3 Å². The molecule has 2 amide bonds. The van der Waals surface area contributed by atoms with E-state index in [1.807, 2.05) is 42.2 Å². The quantitative estimate of drug-likeness (QED) is 0.539. The molecular formula is C25H25N5O4. The second-order valence-electron chi connectivity index (χ2n) is 7.77. The Labute approximate surface area is 197 Å². The first kappa shape index (κ1) is 22.8. The van der Waals surface area contributed by atoms with Crippen molar-refractivity contribution in [3.8, 4) is 23.1 Å². The largest absolute Gasteiger partial charge is 0.457 e. The van der Waals surface area contributed by atoms with E-state index in [9.17, 15) is 9.59 Å². The van der Waals surface area contributed by atoms with Crippen LogP contribution in [0.5, 0.6) is 23.1 Å². The molecule has 0 bridgehead atoms. The van der Waals surface area contributed by atoms with E-state index in [4.69, 9.17) is 15.2 Å². The van der Waals surface area contributed by atoms with Gasteiger partial charge in [0.15, 0.2) is 0 Å². The van der Waals surface area contributed by atoms with Crippen LogP contribution in [0.3, 0.4) is 0 Å². The molecule has 0 spiro atoms. The Hall–Kier alpha value is -4.40. The molecular weight excluding hydrogens is 434 g/mol. The number of hydrogen-bond donors (Lipinski definition) is 1. The molecule has 1 saturated heterocycles. The summed E-state index contributed by atoms with van der Waals surface area (Å²) in [5.74, 6) is 1.46. The van der Waals surface area contributed by atoms with Crippen molar-refractivity contribution in [2.75, 3.05) is 24.5 Å². The van der Waals surface area contributed by atoms with E-state index in [1.54, 1.807) is 29.2 Å². The van der Waals surface area contributed by atoms with Crippen molar-refractivity contribution in [1.82, 2.24) is 14.9 Å². The molecule has 1 unspecified atom stereocenters. The molecule has 1 fully saturated rings. The molecule has 1 atom stereocenters. The van der Waals surface area contributed by atoms with Crippen molar-refractivity contribution in [3.63, 3.8) is 0 Å². The molecule has 1 aliphatic heterocycles. The molecule has 9 nitrogen and oxygen atoms in total. The highest BCUT2D eigenvalue weighted by atomic mass is 16.5. The number of para-hydroxylation sites is 1. The lowest BCUT2D eigenvalue weighted by Crippen LogP contribution is -2.54. The normalized spacial score (nSPS) is 15.5. The lowest BCUT2D eigenvalue weighted by molar-refractivity contribution is -0.126. The average Bonchev–Trinajstić information content (AvgIpc) is 2.85. The number of carbonyl (C=O) groups excluding carboxylic acids is 2. The van der Waals surface area contributed by atoms with Gasteiger partial charge in [0, 0.05) is 31.9 Å². The molecule has 9 heteroatoms. The molecule has 4 rings (SSSR count). The van der Waals surface area contributed by atoms with Gasteiger partial charge >= 0.3 is 0 Å². The summed E-state index contributed by atoms with van der Waals surface area (Å²) in [5.41, 5.74) is 5.59. The minimum Gasteiger partial charge on any atom is -0.457 e. The van der Waals surface area contributed by atoms with E-state index in [0.717, 1.165) is 5.75 Å². The lowest BCUT2D eigenvalue weighted by Gasteiger charge is -2.39. The van der Waals surface area contributed by atoms with Crippen LogP contribution in [0.15, 0.2) is 73.4 Å². The third-order valence-electron chi connectivity index (χ3n) is 5.39. The zero-order chi connectivity index (χ0) is 24.1. The molecule has 1 aliphatic rings. The van der Waals surface area contributed by atoms with Gasteiger partial charge in [-0.3, -0.25) is 9.59 Å². The summed E-state index contributed by atoms with van der Waals surface area (Å²) in [5, 5.41) is 0. The predicted octanol–water partition coefficient (Wildman–Crippen LogP) is 3.38. The van der Waals surface area contributed by atoms with E-state index >= 15 is 0 Å². The lowest BCUT2D eigenvalue weighted by atomic mass is 10.2. The van der Waals surface area contributed by atoms with Gasteiger partial charge in [-0.05, 0) is 49.4 Å². The number of primary amides is 1. The molecule has 0 radical (unpaired) electrons. The predicted molar refractivity (Wildman–Crippen MR) is 127 cm³/mol. The fourth-order valence-electron chi connectivity index (χ4n) is 3.64. The minimum absolute atomic E-state index is 0.0423. The summed E-state index contributed by atoms with van der Waals surface area (Å²) in [6.07, 6.45) is 2.67. The van der Waals surface area contributed by atoms with Gasteiger partial charge in [-0.2, -0.15) is 4.98 Å². The number of carbonyl (C=O) groups is 2. The van der Waals surface area contributed by atoms with E-state index in [1.165, 1.54) is 12.3 Å². The fraction of sp³-hybridized carbons (Fsp3) is 0.200. The van der Waals surface area contributed by atoms with Gasteiger partial charge in [-0.1, -0.05) is 24.8 Å². The fourth-order valence-corrected chi connectivity index (χ4v) is 3.64. The van der Waals surface area contributed by atoms with Gasteiger partial charge < -0.3 is 25.0 Å². The number of benzene rings is 2. The Morgan fingerprint density at radius 2 is 1.68 bits per heavy atom. The number of hydrogen-bond acceptors (Lipinski definition) is 7. The maximum Gasteiger partial charge on any atom is 0.255 e. The number of ether oxygens (including phenoxy) is 2. The molecule has 1 aromatic heterocycles. The van der Waals surface area contributed by atoms with Crippen molar-refractivity contribution in [2.45, 2.75) is 13.0 Å². The molecule has 2 aromatic carbocycles. The zero-order valence-corrected chi connectivity index (χ0v) is 18.8. The van der Waals surface area contributed by atoms with Crippen molar-refractivity contribution >= 4 is 17.8 Å². The highest BCUT2D eigenvalue weighted by molar-refractivity contribution is 5.95. The summed E-state index contributed by atoms with van der Waals surface area (Å²) in [4.78, 5) is 36.4. The monoisotopic (exact) mass is 459 g/mol. The minimum atomic E-state index is -0.694. The van der Waals surface area contributed by atoms with Gasteiger partial charge in [0.1, 0.15) is 22.8 Å². The Morgan fingerprint density at radius 1 is 1.03 bits per heavy atom. The van der Waals surface area contributed by atoms with Gasteiger partial charge in [-0.25, -0.2) is 4.98 Å². The van der Waals surface area contributed by atoms with Crippen LogP contribution in [-0.2, 0) is 4.79 Å². The standard InChI is InChI=1S/C25H25N5O4/c1-3-22(31)29-13-14-30(17(2)16-29)25-27-15-21(23(26)32)24(28-25)34-20-11-9-19(10-12-20)33-18-7-5-4-6-8-18/h3-12,15,17H,1,13-14,16H2,2H3,(H2,26,32). The van der Waals surface area contributed by atoms with E-state index in [-0.39, 0.29) is 23.4 Å². The van der Waals surface area contributed by atoms with Crippen LogP contribution in [0.4, 0.5) is 5.95 Å². The number of nitrogens with zero attached hydrogens (tertiary/aromatic N) is 4. The average molecular weight is 460 g/mol. The van der Waals surface area contributed by atoms with Crippen molar-refractivity contribution in [2.24, 2.45) is 5.73 Å². The second-order valence-corrected chi connectivity index (χ2v) is 7.77. The Balaban J connectivity index is 1.52. The number of rotatable bonds is 7. The van der Waals surface area contributed by atoms with Crippen LogP contribution in [0, 0.1) is 0 Å². The summed E-state index contributed by atoms with van der Waals surface area (Å²) >= 11 is 0. The maximum absolute atomic E-state index is 11.9. The van der Waals surface area contributed by atoms with E-state index < -0.39 is 5.91 Å². The Bertz CT molecular complexity index is 1180. The molecule has 34 heavy (non-hydrogen) atoms. The molecule has 0 aliphatic carbocycles. The smallest absolute Gasteiger partial charge is 0.255 e. The van der Waals surface area contributed by atoms with Crippen molar-refractivity contribution in [1.29, 1.82) is 0 Å². The number of nitrogens with two attached hydrogens (primary N) is 1. The number of anilines is 1. The first-order valence-corrected chi connectivity index (χ1v) is 10.8. The van der Waals surface area contributed by atoms with Crippen molar-refractivity contribution in [3.05, 3.63) is 79.0 Å². The van der Waals surface area contributed by atoms with E-state index in [0.29, 0.717) is 37.1 Å². The van der Waals surface area contributed by atoms with Crippen LogP contribution in [0.2, 0.25) is 0 Å². The van der Waals surface area contributed by atoms with Gasteiger partial charge in [0.05, 0.1) is 0 Å². The van der Waals surface area contributed by atoms with Crippen LogP contribution >= 0.6 is 0 Å². The van der Waals surface area contributed by atoms with Gasteiger partial charge in [0.25, 0.3) is 5.91 Å². The number of amides is 2. The third-order valence-corrected chi connectivity index (χ3v) is 5.39. The number of aromatic nitrogens is 2.